The minimum atomic E-state index is -1.14. The standard InChI is InChI=1S/C20H24N2O10/c1-10(23)29-17-13(9-28-15(27)6-5-14(25)26)31-20(18(17)30-11(2)24)22-7-3-4-12(8-22)16-19(21)32-16/h3-4,7-8,13,16-20H,5-6,9,21H2,1-2H3/p+1/t13-,16?,17-,18-,19?,20-/m1/s1. The van der Waals surface area contributed by atoms with Gasteiger partial charge in [0.05, 0.1) is 12.8 Å². The zero-order chi connectivity index (χ0) is 23.4. The molecule has 12 nitrogen and oxygen atoms in total. The molecule has 0 amide bonds. The number of carbonyl (C=O) groups excluding carboxylic acids is 3. The first-order valence-corrected chi connectivity index (χ1v) is 9.94. The topological polar surface area (TPSA) is 168 Å². The number of hydrogen-bond acceptors (Lipinski definition) is 10. The van der Waals surface area contributed by atoms with E-state index in [9.17, 15) is 19.2 Å². The van der Waals surface area contributed by atoms with Gasteiger partial charge in [0.1, 0.15) is 25.0 Å². The highest BCUT2D eigenvalue weighted by molar-refractivity contribution is 5.76. The van der Waals surface area contributed by atoms with E-state index in [-0.39, 0.29) is 25.6 Å². The van der Waals surface area contributed by atoms with Crippen LogP contribution in [0, 0.1) is 0 Å². The van der Waals surface area contributed by atoms with E-state index in [1.165, 1.54) is 13.8 Å². The number of nitrogens with two attached hydrogens (primary N) is 1. The number of rotatable bonds is 9. The number of carbonyl (C=O) groups is 4. The molecule has 2 aliphatic heterocycles. The van der Waals surface area contributed by atoms with Crippen LogP contribution in [0.3, 0.4) is 0 Å². The smallest absolute Gasteiger partial charge is 0.306 e. The van der Waals surface area contributed by atoms with Gasteiger partial charge >= 0.3 is 30.1 Å². The fourth-order valence-electron chi connectivity index (χ4n) is 3.42. The lowest BCUT2D eigenvalue weighted by atomic mass is 10.1. The van der Waals surface area contributed by atoms with Crippen molar-refractivity contribution in [3.05, 3.63) is 30.1 Å². The molecule has 2 aliphatic rings. The van der Waals surface area contributed by atoms with Crippen molar-refractivity contribution in [2.45, 2.75) is 63.6 Å². The first kappa shape index (κ1) is 23.6. The lowest BCUT2D eigenvalue weighted by Gasteiger charge is -2.21. The summed E-state index contributed by atoms with van der Waals surface area (Å²) in [7, 11) is 0. The molecule has 0 radical (unpaired) electrons. The number of hydrogen-bond donors (Lipinski definition) is 2. The second-order valence-corrected chi connectivity index (χ2v) is 7.40. The maximum Gasteiger partial charge on any atom is 0.306 e. The largest absolute Gasteiger partial charge is 0.481 e. The molecule has 0 aliphatic carbocycles. The molecule has 174 valence electrons. The van der Waals surface area contributed by atoms with E-state index in [1.807, 2.05) is 6.07 Å². The van der Waals surface area contributed by atoms with Crippen molar-refractivity contribution in [1.82, 2.24) is 0 Å². The molecule has 0 aromatic carbocycles. The predicted molar refractivity (Wildman–Crippen MR) is 101 cm³/mol. The third kappa shape index (κ3) is 5.99. The summed E-state index contributed by atoms with van der Waals surface area (Å²) in [6.45, 7) is 2.06. The van der Waals surface area contributed by atoms with Crippen LogP contribution in [0.4, 0.5) is 0 Å². The summed E-state index contributed by atoms with van der Waals surface area (Å²) in [5.41, 5.74) is 6.51. The van der Waals surface area contributed by atoms with Gasteiger partial charge in [0.2, 0.25) is 6.10 Å². The molecule has 32 heavy (non-hydrogen) atoms. The number of aromatic nitrogens is 1. The Morgan fingerprint density at radius 3 is 2.34 bits per heavy atom. The van der Waals surface area contributed by atoms with Crippen LogP contribution in [-0.4, -0.2) is 60.1 Å². The van der Waals surface area contributed by atoms with Gasteiger partial charge in [-0.05, 0) is 6.07 Å². The van der Waals surface area contributed by atoms with E-state index in [0.29, 0.717) is 0 Å². The lowest BCUT2D eigenvalue weighted by molar-refractivity contribution is -0.765. The summed E-state index contributed by atoms with van der Waals surface area (Å²) in [4.78, 5) is 45.9. The van der Waals surface area contributed by atoms with Crippen molar-refractivity contribution in [2.75, 3.05) is 6.61 Å². The lowest BCUT2D eigenvalue weighted by Crippen LogP contribution is -2.48. The van der Waals surface area contributed by atoms with E-state index in [1.54, 1.807) is 23.0 Å². The van der Waals surface area contributed by atoms with Gasteiger partial charge in [0, 0.05) is 25.5 Å². The van der Waals surface area contributed by atoms with Gasteiger partial charge in [-0.1, -0.05) is 0 Å². The van der Waals surface area contributed by atoms with Gasteiger partial charge < -0.3 is 34.5 Å². The van der Waals surface area contributed by atoms with E-state index in [4.69, 9.17) is 34.5 Å². The molecule has 3 rings (SSSR count). The van der Waals surface area contributed by atoms with Crippen LogP contribution in [0.5, 0.6) is 0 Å². The summed E-state index contributed by atoms with van der Waals surface area (Å²) in [6.07, 6.45) is -1.97. The van der Waals surface area contributed by atoms with Gasteiger partial charge in [-0.2, -0.15) is 4.57 Å². The molecule has 0 spiro atoms. The SMILES string of the molecule is CC(=O)O[C@@H]1[C@H](OC(C)=O)[C@@H](COC(=O)CCC(=O)O)O[C@H]1[n+]1cccc(C2OC2N)c1. The maximum atomic E-state index is 11.8. The third-order valence-electron chi connectivity index (χ3n) is 4.83. The van der Waals surface area contributed by atoms with Crippen LogP contribution in [0.25, 0.3) is 0 Å². The Hall–Kier alpha value is -3.09. The van der Waals surface area contributed by atoms with E-state index >= 15 is 0 Å². The average Bonchev–Trinajstić information content (AvgIpc) is 3.37. The summed E-state index contributed by atoms with van der Waals surface area (Å²) in [5.74, 6) is -3.15. The number of epoxide rings is 1. The quantitative estimate of drug-likeness (QED) is 0.214. The first-order valence-electron chi connectivity index (χ1n) is 9.94. The number of aliphatic carboxylic acids is 1. The number of nitrogens with zero attached hydrogens (tertiary/aromatic N) is 1. The minimum Gasteiger partial charge on any atom is -0.481 e. The van der Waals surface area contributed by atoms with E-state index < -0.39 is 54.6 Å². The van der Waals surface area contributed by atoms with Crippen molar-refractivity contribution in [3.63, 3.8) is 0 Å². The normalized spacial score (nSPS) is 28.6. The van der Waals surface area contributed by atoms with Crippen LogP contribution in [0.2, 0.25) is 0 Å². The van der Waals surface area contributed by atoms with Crippen LogP contribution < -0.4 is 10.3 Å². The fourth-order valence-corrected chi connectivity index (χ4v) is 3.42. The summed E-state index contributed by atoms with van der Waals surface area (Å²) in [6, 6.07) is 3.55. The Kier molecular flexibility index (Phi) is 7.38. The fraction of sp³-hybridized carbons (Fsp3) is 0.550. The van der Waals surface area contributed by atoms with Crippen LogP contribution in [0.15, 0.2) is 24.5 Å². The van der Waals surface area contributed by atoms with Crippen LogP contribution >= 0.6 is 0 Å². The molecule has 1 aromatic rings. The molecule has 1 aromatic heterocycles. The van der Waals surface area contributed by atoms with Crippen LogP contribution in [0.1, 0.15) is 44.6 Å². The average molecular weight is 453 g/mol. The molecule has 2 fully saturated rings. The third-order valence-corrected chi connectivity index (χ3v) is 4.83. The van der Waals surface area contributed by atoms with Gasteiger partial charge in [-0.3, -0.25) is 19.2 Å². The van der Waals surface area contributed by atoms with Crippen molar-refractivity contribution >= 4 is 23.9 Å². The van der Waals surface area contributed by atoms with E-state index in [2.05, 4.69) is 0 Å². The summed E-state index contributed by atoms with van der Waals surface area (Å²) >= 11 is 0. The minimum absolute atomic E-state index is 0.272. The molecule has 0 bridgehead atoms. The Morgan fingerprint density at radius 2 is 1.75 bits per heavy atom. The van der Waals surface area contributed by atoms with Gasteiger partial charge in [-0.25, -0.2) is 0 Å². The van der Waals surface area contributed by atoms with Crippen molar-refractivity contribution in [3.8, 4) is 0 Å². The maximum absolute atomic E-state index is 11.8. The molecule has 3 N–H and O–H groups in total. The van der Waals surface area contributed by atoms with Gasteiger partial charge in [0.25, 0.3) is 0 Å². The second kappa shape index (κ2) is 10.0. The summed E-state index contributed by atoms with van der Waals surface area (Å²) < 4.78 is 28.7. The molecule has 12 heteroatoms. The molecule has 2 saturated heterocycles. The highest BCUT2D eigenvalue weighted by atomic mass is 16.7. The second-order valence-electron chi connectivity index (χ2n) is 7.40. The Morgan fingerprint density at radius 1 is 1.09 bits per heavy atom. The molecule has 3 heterocycles. The van der Waals surface area contributed by atoms with Gasteiger partial charge in [0.15, 0.2) is 18.5 Å². The Labute approximate surface area is 183 Å². The highest BCUT2D eigenvalue weighted by Crippen LogP contribution is 2.35. The molecule has 6 atom stereocenters. The van der Waals surface area contributed by atoms with Crippen molar-refractivity contribution < 1.29 is 52.5 Å². The van der Waals surface area contributed by atoms with E-state index in [0.717, 1.165) is 5.56 Å². The molecular formula is C20H25N2O10+. The van der Waals surface area contributed by atoms with Gasteiger partial charge in [-0.15, -0.1) is 0 Å². The van der Waals surface area contributed by atoms with Crippen LogP contribution in [-0.2, 0) is 42.9 Å². The van der Waals surface area contributed by atoms with Crippen molar-refractivity contribution in [2.24, 2.45) is 5.73 Å². The molecular weight excluding hydrogens is 428 g/mol. The Bertz CT molecular complexity index is 891. The highest BCUT2D eigenvalue weighted by Gasteiger charge is 2.55. The Balaban J connectivity index is 1.80. The summed E-state index contributed by atoms with van der Waals surface area (Å²) in [5, 5.41) is 8.69. The predicted octanol–water partition coefficient (Wildman–Crippen LogP) is -0.501. The number of carboxylic acids is 1. The monoisotopic (exact) mass is 453 g/mol. The number of esters is 3. The number of pyridine rings is 1. The number of ether oxygens (including phenoxy) is 5. The van der Waals surface area contributed by atoms with Crippen molar-refractivity contribution in [1.29, 1.82) is 0 Å². The zero-order valence-corrected chi connectivity index (χ0v) is 17.5. The molecule has 2 unspecified atom stereocenters. The first-order chi connectivity index (χ1) is 15.2. The number of carboxylic acid groups (broad SMARTS) is 1. The molecule has 0 saturated carbocycles. The zero-order valence-electron chi connectivity index (χ0n) is 17.5.